The lowest BCUT2D eigenvalue weighted by atomic mass is 10.2. The number of carbonyl (C=O) groups excluding carboxylic acids is 1. The fourth-order valence-corrected chi connectivity index (χ4v) is 3.52. The maximum Gasteiger partial charge on any atom is 0.251 e. The lowest BCUT2D eigenvalue weighted by molar-refractivity contribution is 0.0951. The van der Waals surface area contributed by atoms with Crippen LogP contribution in [0.2, 0.25) is 10.0 Å². The Morgan fingerprint density at radius 1 is 1.08 bits per heavy atom. The summed E-state index contributed by atoms with van der Waals surface area (Å²) in [6, 6.07) is 10.7. The van der Waals surface area contributed by atoms with Crippen molar-refractivity contribution in [3.63, 3.8) is 0 Å². The Balaban J connectivity index is 2.05. The molecule has 0 bridgehead atoms. The molecule has 128 valence electrons. The minimum Gasteiger partial charge on any atom is -0.348 e. The normalized spacial score (nSPS) is 11.3. The van der Waals surface area contributed by atoms with E-state index in [2.05, 4.69) is 10.0 Å². The SMILES string of the molecule is CCNS(=O)(=O)c1ccc(C(=O)NCc2ccc(Cl)cc2Cl)cc1. The number of nitrogens with one attached hydrogen (secondary N) is 2. The molecule has 0 aliphatic carbocycles. The average Bonchev–Trinajstić information content (AvgIpc) is 2.54. The van der Waals surface area contributed by atoms with Gasteiger partial charge in [0.1, 0.15) is 0 Å². The Kier molecular flexibility index (Phi) is 6.23. The van der Waals surface area contributed by atoms with Gasteiger partial charge in [0.15, 0.2) is 0 Å². The molecule has 2 aromatic rings. The number of halogens is 2. The molecule has 0 saturated heterocycles. The molecule has 0 fully saturated rings. The summed E-state index contributed by atoms with van der Waals surface area (Å²) in [6.07, 6.45) is 0. The second-order valence-corrected chi connectivity index (χ2v) is 7.55. The van der Waals surface area contributed by atoms with E-state index in [1.165, 1.54) is 24.3 Å². The van der Waals surface area contributed by atoms with Gasteiger partial charge in [-0.15, -0.1) is 0 Å². The summed E-state index contributed by atoms with van der Waals surface area (Å²) >= 11 is 11.9. The van der Waals surface area contributed by atoms with Gasteiger partial charge in [-0.2, -0.15) is 0 Å². The van der Waals surface area contributed by atoms with Crippen molar-refractivity contribution >= 4 is 39.1 Å². The largest absolute Gasteiger partial charge is 0.348 e. The number of hydrogen-bond donors (Lipinski definition) is 2. The second kappa shape index (κ2) is 7.98. The van der Waals surface area contributed by atoms with Gasteiger partial charge < -0.3 is 5.32 Å². The predicted octanol–water partition coefficient (Wildman–Crippen LogP) is 3.22. The zero-order valence-corrected chi connectivity index (χ0v) is 15.2. The van der Waals surface area contributed by atoms with E-state index in [1.54, 1.807) is 25.1 Å². The molecule has 5 nitrogen and oxygen atoms in total. The Morgan fingerprint density at radius 3 is 2.33 bits per heavy atom. The summed E-state index contributed by atoms with van der Waals surface area (Å²) in [7, 11) is -3.53. The summed E-state index contributed by atoms with van der Waals surface area (Å²) in [4.78, 5) is 12.3. The van der Waals surface area contributed by atoms with Crippen LogP contribution in [0.25, 0.3) is 0 Å². The van der Waals surface area contributed by atoms with Crippen molar-refractivity contribution in [3.8, 4) is 0 Å². The molecule has 0 saturated carbocycles. The Bertz CT molecular complexity index is 837. The summed E-state index contributed by atoms with van der Waals surface area (Å²) in [5, 5.41) is 3.72. The van der Waals surface area contributed by atoms with Crippen LogP contribution in [0.4, 0.5) is 0 Å². The Hall–Kier alpha value is -1.60. The summed E-state index contributed by atoms with van der Waals surface area (Å²) in [5.74, 6) is -0.326. The van der Waals surface area contributed by atoms with Gasteiger partial charge in [-0.1, -0.05) is 36.2 Å². The predicted molar refractivity (Wildman–Crippen MR) is 94.9 cm³/mol. The smallest absolute Gasteiger partial charge is 0.251 e. The van der Waals surface area contributed by atoms with Crippen LogP contribution in [0, 0.1) is 0 Å². The summed E-state index contributed by atoms with van der Waals surface area (Å²) in [5.41, 5.74) is 1.09. The maximum atomic E-state index is 12.1. The van der Waals surface area contributed by atoms with Crippen LogP contribution in [-0.2, 0) is 16.6 Å². The molecule has 0 aliphatic heterocycles. The van der Waals surface area contributed by atoms with Gasteiger partial charge in [-0.25, -0.2) is 13.1 Å². The first-order valence-corrected chi connectivity index (χ1v) is 9.39. The minimum absolute atomic E-state index is 0.113. The van der Waals surface area contributed by atoms with Crippen molar-refractivity contribution in [2.24, 2.45) is 0 Å². The van der Waals surface area contributed by atoms with E-state index in [9.17, 15) is 13.2 Å². The third kappa shape index (κ3) is 4.70. The lowest BCUT2D eigenvalue weighted by Gasteiger charge is -2.08. The Morgan fingerprint density at radius 2 is 1.75 bits per heavy atom. The van der Waals surface area contributed by atoms with Crippen LogP contribution in [0.1, 0.15) is 22.8 Å². The highest BCUT2D eigenvalue weighted by atomic mass is 35.5. The number of benzene rings is 2. The average molecular weight is 387 g/mol. The van der Waals surface area contributed by atoms with Crippen LogP contribution < -0.4 is 10.0 Å². The third-order valence-corrected chi connectivity index (χ3v) is 5.36. The van der Waals surface area contributed by atoms with Crippen molar-refractivity contribution < 1.29 is 13.2 Å². The molecule has 0 radical (unpaired) electrons. The van der Waals surface area contributed by atoms with Crippen LogP contribution in [0.15, 0.2) is 47.4 Å². The molecule has 0 atom stereocenters. The number of carbonyl (C=O) groups is 1. The molecule has 24 heavy (non-hydrogen) atoms. The molecular weight excluding hydrogens is 371 g/mol. The fourth-order valence-electron chi connectivity index (χ4n) is 2.00. The van der Waals surface area contributed by atoms with Crippen LogP contribution in [-0.4, -0.2) is 20.9 Å². The molecule has 8 heteroatoms. The molecule has 0 heterocycles. The molecule has 0 unspecified atom stereocenters. The standard InChI is InChI=1S/C16H16Cl2N2O3S/c1-2-20-24(22,23)14-7-4-11(5-8-14)16(21)19-10-12-3-6-13(17)9-15(12)18/h3-9,20H,2,10H2,1H3,(H,19,21). The molecule has 0 aromatic heterocycles. The van der Waals surface area contributed by atoms with Crippen molar-refractivity contribution in [3.05, 3.63) is 63.6 Å². The summed E-state index contributed by atoms with van der Waals surface area (Å²) < 4.78 is 26.1. The monoisotopic (exact) mass is 386 g/mol. The zero-order chi connectivity index (χ0) is 17.7. The van der Waals surface area contributed by atoms with Crippen LogP contribution in [0.5, 0.6) is 0 Å². The van der Waals surface area contributed by atoms with Gasteiger partial charge in [0.25, 0.3) is 5.91 Å². The van der Waals surface area contributed by atoms with Crippen molar-refractivity contribution in [2.75, 3.05) is 6.54 Å². The molecule has 2 aromatic carbocycles. The second-order valence-electron chi connectivity index (χ2n) is 4.94. The topological polar surface area (TPSA) is 75.3 Å². The van der Waals surface area contributed by atoms with Crippen LogP contribution in [0.3, 0.4) is 0 Å². The number of sulfonamides is 1. The minimum atomic E-state index is -3.53. The van der Waals surface area contributed by atoms with Gasteiger partial charge >= 0.3 is 0 Å². The molecule has 1 amide bonds. The van der Waals surface area contributed by atoms with Crippen LogP contribution >= 0.6 is 23.2 Å². The molecule has 2 rings (SSSR count). The number of hydrogen-bond acceptors (Lipinski definition) is 3. The van der Waals surface area contributed by atoms with Gasteiger partial charge in [-0.3, -0.25) is 4.79 Å². The van der Waals surface area contributed by atoms with Crippen molar-refractivity contribution in [1.29, 1.82) is 0 Å². The van der Waals surface area contributed by atoms with Crippen molar-refractivity contribution in [1.82, 2.24) is 10.0 Å². The third-order valence-electron chi connectivity index (χ3n) is 3.22. The highest BCUT2D eigenvalue weighted by molar-refractivity contribution is 7.89. The fraction of sp³-hybridized carbons (Fsp3) is 0.188. The van der Waals surface area contributed by atoms with E-state index in [0.717, 1.165) is 5.56 Å². The van der Waals surface area contributed by atoms with E-state index in [4.69, 9.17) is 23.2 Å². The highest BCUT2D eigenvalue weighted by Crippen LogP contribution is 2.20. The molecular formula is C16H16Cl2N2O3S. The molecule has 0 aliphatic rings. The molecule has 0 spiro atoms. The van der Waals surface area contributed by atoms with Crippen molar-refractivity contribution in [2.45, 2.75) is 18.4 Å². The first-order valence-electron chi connectivity index (χ1n) is 7.15. The highest BCUT2D eigenvalue weighted by Gasteiger charge is 2.13. The quantitative estimate of drug-likeness (QED) is 0.799. The zero-order valence-electron chi connectivity index (χ0n) is 12.8. The Labute approximate surface area is 151 Å². The lowest BCUT2D eigenvalue weighted by Crippen LogP contribution is -2.24. The molecule has 2 N–H and O–H groups in total. The first kappa shape index (κ1) is 18.7. The van der Waals surface area contributed by atoms with Gasteiger partial charge in [0.2, 0.25) is 10.0 Å². The van der Waals surface area contributed by atoms with Gasteiger partial charge in [0, 0.05) is 28.7 Å². The van der Waals surface area contributed by atoms with E-state index in [0.29, 0.717) is 22.2 Å². The van der Waals surface area contributed by atoms with E-state index in [1.807, 2.05) is 0 Å². The van der Waals surface area contributed by atoms with Gasteiger partial charge in [-0.05, 0) is 42.0 Å². The summed E-state index contributed by atoms with van der Waals surface area (Å²) in [6.45, 7) is 2.24. The number of amides is 1. The van der Waals surface area contributed by atoms with E-state index < -0.39 is 10.0 Å². The van der Waals surface area contributed by atoms with E-state index in [-0.39, 0.29) is 17.3 Å². The maximum absolute atomic E-state index is 12.1. The first-order chi connectivity index (χ1) is 11.3. The number of rotatable bonds is 6. The van der Waals surface area contributed by atoms with E-state index >= 15 is 0 Å². The van der Waals surface area contributed by atoms with Gasteiger partial charge in [0.05, 0.1) is 4.90 Å².